The molecule has 3 aromatic rings. The molecule has 10 heteroatoms. The van der Waals surface area contributed by atoms with Gasteiger partial charge in [0.15, 0.2) is 0 Å². The first-order chi connectivity index (χ1) is 21.0. The molecule has 280 valence electrons. The average Bonchev–Trinajstić information content (AvgIpc) is 3.02. The van der Waals surface area contributed by atoms with Crippen LogP contribution in [0.25, 0.3) is 0 Å². The molecule has 0 aliphatic heterocycles. The van der Waals surface area contributed by atoms with Crippen LogP contribution in [0.15, 0.2) is 89.8 Å². The van der Waals surface area contributed by atoms with Gasteiger partial charge >= 0.3 is 0 Å². The van der Waals surface area contributed by atoms with Crippen molar-refractivity contribution in [2.75, 3.05) is 26.6 Å². The van der Waals surface area contributed by atoms with Gasteiger partial charge in [0.1, 0.15) is 22.4 Å². The lowest BCUT2D eigenvalue weighted by Crippen LogP contribution is -2.39. The Morgan fingerprint density at radius 3 is 1.59 bits per heavy atom. The molecule has 0 saturated carbocycles. The Morgan fingerprint density at radius 2 is 1.16 bits per heavy atom. The lowest BCUT2D eigenvalue weighted by molar-refractivity contribution is -0.135. The van der Waals surface area contributed by atoms with Crippen LogP contribution >= 0.6 is 0 Å². The Balaban J connectivity index is -0.000000279. The van der Waals surface area contributed by atoms with E-state index in [0.29, 0.717) is 19.3 Å². The van der Waals surface area contributed by atoms with Gasteiger partial charge in [0.2, 0.25) is 5.91 Å². The molecule has 3 rings (SSSR count). The van der Waals surface area contributed by atoms with E-state index in [2.05, 4.69) is 21.6 Å². The molecule has 49 heavy (non-hydrogen) atoms. The number of hydrogen-bond donors (Lipinski definition) is 1. The van der Waals surface area contributed by atoms with Gasteiger partial charge in [0.25, 0.3) is 10.1 Å². The van der Waals surface area contributed by atoms with E-state index in [1.165, 1.54) is 37.8 Å². The van der Waals surface area contributed by atoms with Crippen LogP contribution < -0.4 is 5.32 Å². The molecule has 0 saturated heterocycles. The monoisotopic (exact) mass is 707 g/mol. The molecule has 3 aromatic carbocycles. The van der Waals surface area contributed by atoms with Crippen LogP contribution in [0.2, 0.25) is 0 Å². The van der Waals surface area contributed by atoms with Crippen molar-refractivity contribution in [2.45, 2.75) is 100 Å². The van der Waals surface area contributed by atoms with Gasteiger partial charge in [-0.3, -0.25) is 18.6 Å². The maximum atomic E-state index is 12.9. The summed E-state index contributed by atoms with van der Waals surface area (Å²) in [6, 6.07) is 25.8. The molecule has 0 aromatic heterocycles. The minimum absolute atomic E-state index is 0. The lowest BCUT2D eigenvalue weighted by atomic mass is 9.92. The van der Waals surface area contributed by atoms with E-state index >= 15 is 0 Å². The molecule has 0 fully saturated rings. The van der Waals surface area contributed by atoms with E-state index < -0.39 is 28.0 Å². The summed E-state index contributed by atoms with van der Waals surface area (Å²) in [7, 11) is 0.127. The van der Waals surface area contributed by atoms with Crippen LogP contribution in [0, 0.1) is 5.92 Å². The van der Waals surface area contributed by atoms with Crippen molar-refractivity contribution in [1.82, 2.24) is 0 Å². The first-order valence-corrected chi connectivity index (χ1v) is 15.8. The highest BCUT2D eigenvalue weighted by Gasteiger charge is 2.33. The number of carbonyl (C=O) groups excluding carboxylic acids is 3. The highest BCUT2D eigenvalue weighted by Crippen LogP contribution is 2.25. The maximum absolute atomic E-state index is 12.9. The molecule has 3 atom stereocenters. The molecule has 1 amide bonds. The summed E-state index contributed by atoms with van der Waals surface area (Å²) < 4.78 is 39.4. The van der Waals surface area contributed by atoms with Crippen molar-refractivity contribution in [3.8, 4) is 0 Å². The summed E-state index contributed by atoms with van der Waals surface area (Å²) in [6.07, 6.45) is 2.87. The van der Waals surface area contributed by atoms with Gasteiger partial charge < -0.3 is 14.8 Å². The quantitative estimate of drug-likeness (QED) is 0.116. The van der Waals surface area contributed by atoms with E-state index in [1.54, 1.807) is 20.1 Å². The highest BCUT2D eigenvalue weighted by molar-refractivity contribution is 7.87. The number of ketones is 2. The van der Waals surface area contributed by atoms with Crippen molar-refractivity contribution in [3.63, 3.8) is 0 Å². The lowest BCUT2D eigenvalue weighted by Gasteiger charge is -2.24. The van der Waals surface area contributed by atoms with Crippen LogP contribution in [-0.2, 0) is 51.0 Å². The van der Waals surface area contributed by atoms with Crippen molar-refractivity contribution in [1.29, 1.82) is 0 Å². The number of anilines is 1. The second kappa shape index (κ2) is 27.2. The SMILES string of the molecule is C.C.C.C.C.COC(CCc1ccccc1)C(C(C)=O)C(=O)Nc1ccccc1S(=O)(=O)OC.COC(CCc1ccccc1)CC(C)=O.[HH]. The van der Waals surface area contributed by atoms with Gasteiger partial charge in [-0.2, -0.15) is 8.42 Å². The zero-order valence-electron chi connectivity index (χ0n) is 26.0. The summed E-state index contributed by atoms with van der Waals surface area (Å²) in [6.45, 7) is 2.92. The number of carbonyl (C=O) groups is 3. The summed E-state index contributed by atoms with van der Waals surface area (Å²) in [5.41, 5.74) is 2.40. The number of aryl methyl sites for hydroxylation is 2. The minimum atomic E-state index is -4.02. The highest BCUT2D eigenvalue weighted by atomic mass is 32.2. The van der Waals surface area contributed by atoms with Gasteiger partial charge in [-0.25, -0.2) is 0 Å². The number of rotatable bonds is 16. The number of hydrogen-bond acceptors (Lipinski definition) is 8. The number of amides is 1. The van der Waals surface area contributed by atoms with Crippen LogP contribution in [0.3, 0.4) is 0 Å². The zero-order chi connectivity index (χ0) is 32.5. The number of para-hydroxylation sites is 1. The fourth-order valence-corrected chi connectivity index (χ4v) is 5.49. The third-order valence-corrected chi connectivity index (χ3v) is 8.37. The molecular formula is C39H65NO8S. The van der Waals surface area contributed by atoms with E-state index in [4.69, 9.17) is 9.47 Å². The topological polar surface area (TPSA) is 125 Å². The number of nitrogens with one attached hydrogen (secondary N) is 1. The van der Waals surface area contributed by atoms with Gasteiger partial charge in [0.05, 0.1) is 25.0 Å². The second-order valence-corrected chi connectivity index (χ2v) is 12.0. The van der Waals surface area contributed by atoms with Crippen LogP contribution in [-0.4, -0.2) is 59.4 Å². The number of ether oxygens (including phenoxy) is 2. The molecule has 0 radical (unpaired) electrons. The first kappa shape index (κ1) is 52.1. The van der Waals surface area contributed by atoms with E-state index in [9.17, 15) is 22.8 Å². The van der Waals surface area contributed by atoms with E-state index in [-0.39, 0.29) is 66.8 Å². The molecule has 0 bridgehead atoms. The summed E-state index contributed by atoms with van der Waals surface area (Å²) in [4.78, 5) is 35.9. The minimum Gasteiger partial charge on any atom is -0.381 e. The predicted octanol–water partition coefficient (Wildman–Crippen LogP) is 8.85. The molecule has 3 unspecified atom stereocenters. The van der Waals surface area contributed by atoms with Crippen LogP contribution in [0.1, 0.15) is 82.8 Å². The number of methoxy groups -OCH3 is 2. The smallest absolute Gasteiger partial charge is 0.298 e. The molecule has 0 aliphatic rings. The Morgan fingerprint density at radius 1 is 0.694 bits per heavy atom. The molecule has 1 N–H and O–H groups in total. The fraction of sp³-hybridized carbons (Fsp3) is 0.462. The first-order valence-electron chi connectivity index (χ1n) is 14.4. The Labute approximate surface area is 299 Å². The fourth-order valence-electron chi connectivity index (χ4n) is 4.67. The van der Waals surface area contributed by atoms with E-state index in [0.717, 1.165) is 25.5 Å². The van der Waals surface area contributed by atoms with Crippen molar-refractivity contribution < 1.29 is 37.9 Å². The molecule has 0 spiro atoms. The standard InChI is InChI=1S/C21H25NO6S.C13H18O2.5CH4.H2/c1-15(23)20(18(27-2)14-13-16-9-5-4-6-10-16)21(24)22-17-11-7-8-12-19(17)29(25,26)28-3;1-11(14)10-13(15-2)9-8-12-6-4-3-5-7-12;;;;;;/h4-12,18,20H,13-14H2,1-3H3,(H,22,24);3-7,13H,8-10H2,1-2H3;5*1H4;1H. The van der Waals surface area contributed by atoms with E-state index in [1.807, 2.05) is 48.5 Å². The third-order valence-electron chi connectivity index (χ3n) is 7.04. The average molecular weight is 708 g/mol. The summed E-state index contributed by atoms with van der Waals surface area (Å²) >= 11 is 0. The Bertz CT molecular complexity index is 1440. The van der Waals surface area contributed by atoms with Gasteiger partial charge in [-0.15, -0.1) is 0 Å². The van der Waals surface area contributed by atoms with Crippen molar-refractivity contribution in [3.05, 3.63) is 96.1 Å². The molecule has 0 aliphatic carbocycles. The Kier molecular flexibility index (Phi) is 28.9. The Hall–Kier alpha value is -3.70. The largest absolute Gasteiger partial charge is 0.381 e. The van der Waals surface area contributed by atoms with Crippen LogP contribution in [0.5, 0.6) is 0 Å². The number of benzene rings is 3. The number of Topliss-reactive ketones (excluding diaryl/α,β-unsaturated/α-hetero) is 2. The molecule has 9 nitrogen and oxygen atoms in total. The second-order valence-electron chi connectivity index (χ2n) is 10.3. The van der Waals surface area contributed by atoms with Gasteiger partial charge in [-0.1, -0.05) is 110 Å². The normalized spacial score (nSPS) is 11.8. The van der Waals surface area contributed by atoms with Crippen LogP contribution in [0.4, 0.5) is 5.69 Å². The summed E-state index contributed by atoms with van der Waals surface area (Å²) in [5.74, 6) is -1.89. The predicted molar refractivity (Wildman–Crippen MR) is 206 cm³/mol. The maximum Gasteiger partial charge on any atom is 0.298 e. The summed E-state index contributed by atoms with van der Waals surface area (Å²) in [5, 5.41) is 2.55. The van der Waals surface area contributed by atoms with Crippen molar-refractivity contribution >= 4 is 33.3 Å². The van der Waals surface area contributed by atoms with Crippen molar-refractivity contribution in [2.24, 2.45) is 5.92 Å². The molecular weight excluding hydrogens is 642 g/mol. The third kappa shape index (κ3) is 18.0. The molecule has 0 heterocycles. The van der Waals surface area contributed by atoms with Gasteiger partial charge in [-0.05, 0) is 62.8 Å². The van der Waals surface area contributed by atoms with Gasteiger partial charge in [0, 0.05) is 22.1 Å². The zero-order valence-corrected chi connectivity index (χ0v) is 26.8.